The number of anilines is 1. The van der Waals surface area contributed by atoms with Crippen LogP contribution < -0.4 is 20.9 Å². The molecule has 1 aliphatic heterocycles. The van der Waals surface area contributed by atoms with Gasteiger partial charge in [0.05, 0.1) is 22.3 Å². The summed E-state index contributed by atoms with van der Waals surface area (Å²) in [5, 5.41) is 0.547. The van der Waals surface area contributed by atoms with E-state index in [1.807, 2.05) is 24.3 Å². The number of nitrogens with two attached hydrogens (primary N) is 2. The fourth-order valence-electron chi connectivity index (χ4n) is 3.72. The number of carbonyl (C=O) groups excluding carboxylic acids is 1. The van der Waals surface area contributed by atoms with Gasteiger partial charge in [-0.05, 0) is 38.0 Å². The second-order valence-corrected chi connectivity index (χ2v) is 8.39. The second kappa shape index (κ2) is 7.17. The van der Waals surface area contributed by atoms with E-state index in [1.165, 1.54) is 11.3 Å². The molecular formula is C21H21N5O3S. The fraction of sp³-hybridized carbons (Fsp3) is 0.286. The van der Waals surface area contributed by atoms with E-state index in [9.17, 15) is 4.79 Å². The molecule has 0 saturated heterocycles. The summed E-state index contributed by atoms with van der Waals surface area (Å²) in [7, 11) is 0. The Kier molecular flexibility index (Phi) is 4.47. The number of nitrogen functional groups attached to an aromatic ring is 1. The van der Waals surface area contributed by atoms with Crippen molar-refractivity contribution in [2.24, 2.45) is 5.73 Å². The second-order valence-electron chi connectivity index (χ2n) is 7.33. The van der Waals surface area contributed by atoms with Crippen molar-refractivity contribution in [3.05, 3.63) is 30.3 Å². The van der Waals surface area contributed by atoms with Gasteiger partial charge in [0.1, 0.15) is 22.8 Å². The average molecular weight is 423 g/mol. The van der Waals surface area contributed by atoms with Crippen LogP contribution in [0.1, 0.15) is 19.8 Å². The molecule has 1 aliphatic rings. The van der Waals surface area contributed by atoms with Gasteiger partial charge in [-0.3, -0.25) is 4.79 Å². The van der Waals surface area contributed by atoms with Crippen molar-refractivity contribution in [1.29, 1.82) is 0 Å². The van der Waals surface area contributed by atoms with Crippen molar-refractivity contribution in [2.75, 3.05) is 12.3 Å². The quantitative estimate of drug-likeness (QED) is 0.520. The number of aromatic nitrogens is 3. The summed E-state index contributed by atoms with van der Waals surface area (Å²) in [5.74, 6) is 1.51. The SMILES string of the molecule is C[C@@H](Oc1cc2c3c(c1)nc(-c1ccc4sc(N)nc4c1)n3CCCCO2)C(N)=O. The van der Waals surface area contributed by atoms with Crippen molar-refractivity contribution >= 4 is 43.6 Å². The minimum atomic E-state index is -0.748. The maximum absolute atomic E-state index is 11.4. The normalized spacial score (nSPS) is 14.8. The average Bonchev–Trinajstić information content (AvgIpc) is 3.24. The molecule has 154 valence electrons. The maximum Gasteiger partial charge on any atom is 0.258 e. The molecule has 8 nitrogen and oxygen atoms in total. The summed E-state index contributed by atoms with van der Waals surface area (Å²) in [6.45, 7) is 3.07. The summed E-state index contributed by atoms with van der Waals surface area (Å²) < 4.78 is 15.0. The van der Waals surface area contributed by atoms with Gasteiger partial charge in [0.2, 0.25) is 0 Å². The van der Waals surface area contributed by atoms with E-state index in [-0.39, 0.29) is 0 Å². The molecule has 4 N–H and O–H groups in total. The van der Waals surface area contributed by atoms with Crippen molar-refractivity contribution in [3.63, 3.8) is 0 Å². The highest BCUT2D eigenvalue weighted by atomic mass is 32.1. The highest BCUT2D eigenvalue weighted by Crippen LogP contribution is 2.37. The van der Waals surface area contributed by atoms with E-state index in [0.717, 1.165) is 52.0 Å². The Balaban J connectivity index is 1.68. The Labute approximate surface area is 176 Å². The topological polar surface area (TPSA) is 118 Å². The van der Waals surface area contributed by atoms with Gasteiger partial charge in [-0.2, -0.15) is 0 Å². The molecule has 1 amide bonds. The number of primary amides is 1. The van der Waals surface area contributed by atoms with Crippen LogP contribution in [0.15, 0.2) is 30.3 Å². The number of benzene rings is 2. The molecule has 0 aliphatic carbocycles. The van der Waals surface area contributed by atoms with Crippen molar-refractivity contribution in [1.82, 2.24) is 14.5 Å². The number of aryl methyl sites for hydroxylation is 1. The summed E-state index contributed by atoms with van der Waals surface area (Å²) >= 11 is 1.47. The third kappa shape index (κ3) is 3.21. The van der Waals surface area contributed by atoms with Gasteiger partial charge in [-0.25, -0.2) is 9.97 Å². The van der Waals surface area contributed by atoms with E-state index in [1.54, 1.807) is 13.0 Å². The van der Waals surface area contributed by atoms with Gasteiger partial charge in [0, 0.05) is 24.2 Å². The van der Waals surface area contributed by atoms with E-state index in [2.05, 4.69) is 9.55 Å². The Bertz CT molecular complexity index is 1280. The molecule has 0 radical (unpaired) electrons. The molecular weight excluding hydrogens is 402 g/mol. The number of nitrogens with zero attached hydrogens (tertiary/aromatic N) is 3. The van der Waals surface area contributed by atoms with Crippen LogP contribution >= 0.6 is 11.3 Å². The summed E-state index contributed by atoms with van der Waals surface area (Å²) in [5.41, 5.74) is 14.7. The Morgan fingerprint density at radius 2 is 2.10 bits per heavy atom. The Morgan fingerprint density at radius 1 is 1.23 bits per heavy atom. The van der Waals surface area contributed by atoms with Gasteiger partial charge in [0.25, 0.3) is 5.91 Å². The largest absolute Gasteiger partial charge is 0.491 e. The third-order valence-corrected chi connectivity index (χ3v) is 6.06. The highest BCUT2D eigenvalue weighted by molar-refractivity contribution is 7.22. The van der Waals surface area contributed by atoms with Crippen LogP contribution in [-0.4, -0.2) is 33.2 Å². The molecule has 1 atom stereocenters. The number of amides is 1. The lowest BCUT2D eigenvalue weighted by Gasteiger charge is -2.18. The number of fused-ring (bicyclic) bond motifs is 1. The number of rotatable bonds is 4. The van der Waals surface area contributed by atoms with Crippen LogP contribution in [0.5, 0.6) is 11.5 Å². The maximum atomic E-state index is 11.4. The Morgan fingerprint density at radius 3 is 2.93 bits per heavy atom. The molecule has 9 heteroatoms. The molecule has 0 bridgehead atoms. The number of carbonyl (C=O) groups is 1. The minimum absolute atomic E-state index is 0.503. The number of hydrogen-bond acceptors (Lipinski definition) is 7. The van der Waals surface area contributed by atoms with Crippen LogP contribution in [0, 0.1) is 0 Å². The smallest absolute Gasteiger partial charge is 0.258 e. The van der Waals surface area contributed by atoms with Crippen LogP contribution in [0.2, 0.25) is 0 Å². The monoisotopic (exact) mass is 423 g/mol. The van der Waals surface area contributed by atoms with Crippen molar-refractivity contribution in [3.8, 4) is 22.9 Å². The van der Waals surface area contributed by atoms with Gasteiger partial charge >= 0.3 is 0 Å². The molecule has 2 aromatic heterocycles. The third-order valence-electron chi connectivity index (χ3n) is 5.19. The summed E-state index contributed by atoms with van der Waals surface area (Å²) in [6, 6.07) is 9.70. The lowest BCUT2D eigenvalue weighted by molar-refractivity contribution is -0.123. The molecule has 4 aromatic rings. The molecule has 0 fully saturated rings. The van der Waals surface area contributed by atoms with Crippen molar-refractivity contribution < 1.29 is 14.3 Å². The fourth-order valence-corrected chi connectivity index (χ4v) is 4.44. The molecule has 2 aromatic carbocycles. The highest BCUT2D eigenvalue weighted by Gasteiger charge is 2.21. The van der Waals surface area contributed by atoms with Crippen LogP contribution in [-0.2, 0) is 11.3 Å². The number of thiazole rings is 1. The van der Waals surface area contributed by atoms with Gasteiger partial charge in [-0.15, -0.1) is 0 Å². The predicted octanol–water partition coefficient (Wildman–Crippen LogP) is 3.32. The van der Waals surface area contributed by atoms with Gasteiger partial charge in [-0.1, -0.05) is 11.3 Å². The van der Waals surface area contributed by atoms with Crippen molar-refractivity contribution in [2.45, 2.75) is 32.4 Å². The zero-order valence-corrected chi connectivity index (χ0v) is 17.2. The first-order valence-corrected chi connectivity index (χ1v) is 10.6. The van der Waals surface area contributed by atoms with E-state index >= 15 is 0 Å². The van der Waals surface area contributed by atoms with E-state index in [4.69, 9.17) is 25.9 Å². The zero-order chi connectivity index (χ0) is 20.8. The van der Waals surface area contributed by atoms with Gasteiger partial charge < -0.3 is 25.5 Å². The molecule has 0 unspecified atom stereocenters. The zero-order valence-electron chi connectivity index (χ0n) is 16.4. The lowest BCUT2D eigenvalue weighted by atomic mass is 10.2. The number of imidazole rings is 1. The summed E-state index contributed by atoms with van der Waals surface area (Å²) in [4.78, 5) is 20.7. The first kappa shape index (κ1) is 18.7. The summed E-state index contributed by atoms with van der Waals surface area (Å²) in [6.07, 6.45) is 1.17. The molecule has 0 spiro atoms. The first-order chi connectivity index (χ1) is 14.5. The van der Waals surface area contributed by atoms with Crippen LogP contribution in [0.3, 0.4) is 0 Å². The molecule has 0 saturated carbocycles. The molecule has 3 heterocycles. The minimum Gasteiger partial charge on any atom is -0.491 e. The number of ether oxygens (including phenoxy) is 2. The first-order valence-electron chi connectivity index (χ1n) is 9.79. The standard InChI is InChI=1S/C21H21N5O3S/c1-11(19(22)27)29-13-9-15-18-16(10-13)28-7-3-2-6-26(18)20(24-15)12-4-5-17-14(8-12)25-21(23)30-17/h4-5,8-11H,2-3,6-7H2,1H3,(H2,22,27)(H2,23,25)/t11-/m1/s1. The molecule has 30 heavy (non-hydrogen) atoms. The Hall–Kier alpha value is -3.33. The van der Waals surface area contributed by atoms with Crippen LogP contribution in [0.25, 0.3) is 32.6 Å². The lowest BCUT2D eigenvalue weighted by Crippen LogP contribution is -2.30. The molecule has 5 rings (SSSR count). The predicted molar refractivity (Wildman–Crippen MR) is 117 cm³/mol. The van der Waals surface area contributed by atoms with E-state index in [0.29, 0.717) is 23.2 Å². The van der Waals surface area contributed by atoms with Crippen LogP contribution in [0.4, 0.5) is 5.13 Å². The number of hydrogen-bond donors (Lipinski definition) is 2. The van der Waals surface area contributed by atoms with E-state index < -0.39 is 12.0 Å². The van der Waals surface area contributed by atoms with Gasteiger partial charge in [0.15, 0.2) is 11.2 Å².